The van der Waals surface area contributed by atoms with Crippen molar-refractivity contribution in [1.82, 2.24) is 25.2 Å². The number of aryl methyl sites for hydroxylation is 1. The van der Waals surface area contributed by atoms with Crippen LogP contribution in [0.3, 0.4) is 0 Å². The lowest BCUT2D eigenvalue weighted by Crippen LogP contribution is -2.51. The van der Waals surface area contributed by atoms with E-state index < -0.39 is 0 Å². The zero-order valence-electron chi connectivity index (χ0n) is 22.0. The minimum absolute atomic E-state index is 0.226. The fraction of sp³-hybridized carbons (Fsp3) is 0.433. The van der Waals surface area contributed by atoms with Crippen LogP contribution in [0.25, 0.3) is 32.9 Å². The van der Waals surface area contributed by atoms with Crippen molar-refractivity contribution in [2.24, 2.45) is 0 Å². The molecule has 2 bridgehead atoms. The fourth-order valence-electron chi connectivity index (χ4n) is 6.58. The number of likely N-dealkylation sites (tertiary alicyclic amines) is 1. The van der Waals surface area contributed by atoms with E-state index in [0.717, 1.165) is 70.4 Å². The zero-order valence-corrected chi connectivity index (χ0v) is 22.0. The van der Waals surface area contributed by atoms with Crippen LogP contribution in [0, 0.1) is 6.92 Å². The van der Waals surface area contributed by atoms with Crippen molar-refractivity contribution in [3.05, 3.63) is 48.2 Å². The number of nitrogens with zero attached hydrogens (tertiary/aromatic N) is 5. The number of hydrogen-bond donors (Lipinski definition) is 2. The van der Waals surface area contributed by atoms with E-state index in [1.165, 1.54) is 19.3 Å². The van der Waals surface area contributed by atoms with E-state index in [0.29, 0.717) is 30.7 Å². The molecule has 5 heterocycles. The fourth-order valence-corrected chi connectivity index (χ4v) is 6.58. The summed E-state index contributed by atoms with van der Waals surface area (Å²) in [4.78, 5) is 19.6. The summed E-state index contributed by atoms with van der Waals surface area (Å²) in [5, 5.41) is 17.2. The second kappa shape index (κ2) is 9.36. The van der Waals surface area contributed by atoms with Gasteiger partial charge in [0.2, 0.25) is 0 Å². The Balaban J connectivity index is 1.36. The van der Waals surface area contributed by atoms with Crippen molar-refractivity contribution in [2.75, 3.05) is 38.2 Å². The molecular weight excluding hydrogens is 476 g/mol. The Morgan fingerprint density at radius 3 is 2.66 bits per heavy atom. The molecule has 0 spiro atoms. The average molecular weight is 511 g/mol. The lowest BCUT2D eigenvalue weighted by atomic mass is 9.97. The third-order valence-corrected chi connectivity index (χ3v) is 8.63. The molecule has 3 aliphatic rings. The van der Waals surface area contributed by atoms with Crippen LogP contribution in [0.15, 0.2) is 42.6 Å². The summed E-state index contributed by atoms with van der Waals surface area (Å²) in [7, 11) is 2.16. The van der Waals surface area contributed by atoms with E-state index in [2.05, 4.69) is 35.2 Å². The van der Waals surface area contributed by atoms with Crippen LogP contribution in [-0.2, 0) is 0 Å². The summed E-state index contributed by atoms with van der Waals surface area (Å²) in [6.07, 6.45) is 6.64. The van der Waals surface area contributed by atoms with Gasteiger partial charge in [0.05, 0.1) is 16.6 Å². The number of hydrogen-bond acceptors (Lipinski definition) is 8. The van der Waals surface area contributed by atoms with Crippen LogP contribution in [0.5, 0.6) is 11.8 Å². The van der Waals surface area contributed by atoms with Gasteiger partial charge in [0.15, 0.2) is 0 Å². The Hall–Kier alpha value is -3.49. The lowest BCUT2D eigenvalue weighted by Gasteiger charge is -2.34. The average Bonchev–Trinajstić information content (AvgIpc) is 3.50. The molecule has 0 aliphatic carbocycles. The molecule has 4 aromatic rings. The standard InChI is InChI=1S/C30H34N6O2/c1-18-27(25-13-23(37)12-19-6-3-4-8-24(19)25)31-14-26-28(18)33-30(38-17-22-7-5-11-35(22)2)34-29(26)36-15-20-9-10-21(16-36)32-20/h3-4,6,8,12-14,20-22,32,37H,5,7,9-11,15-17H2,1-2H3/t20-,21+,22-/m0/s1. The van der Waals surface area contributed by atoms with Gasteiger partial charge in [-0.15, -0.1) is 0 Å². The maximum atomic E-state index is 10.5. The third-order valence-electron chi connectivity index (χ3n) is 8.63. The molecule has 0 unspecified atom stereocenters. The SMILES string of the molecule is Cc1c(-c2cc(O)cc3ccccc23)ncc2c(N3C[C@H]4CC[C@@H](C3)N4)nc(OC[C@@H]3CCCN3C)nc12. The van der Waals surface area contributed by atoms with Crippen molar-refractivity contribution in [3.63, 3.8) is 0 Å². The van der Waals surface area contributed by atoms with Crippen molar-refractivity contribution in [1.29, 1.82) is 0 Å². The second-order valence-electron chi connectivity index (χ2n) is 11.2. The van der Waals surface area contributed by atoms with Gasteiger partial charge in [-0.2, -0.15) is 9.97 Å². The third kappa shape index (κ3) is 4.12. The van der Waals surface area contributed by atoms with Crippen molar-refractivity contribution < 1.29 is 9.84 Å². The number of fused-ring (bicyclic) bond motifs is 4. The zero-order chi connectivity index (χ0) is 25.8. The number of anilines is 1. The van der Waals surface area contributed by atoms with E-state index in [4.69, 9.17) is 19.7 Å². The minimum Gasteiger partial charge on any atom is -0.508 e. The maximum absolute atomic E-state index is 10.5. The summed E-state index contributed by atoms with van der Waals surface area (Å²) in [5.41, 5.74) is 3.53. The Labute approximate surface area is 222 Å². The van der Waals surface area contributed by atoms with Gasteiger partial charge in [0, 0.05) is 48.5 Å². The molecule has 0 amide bonds. The Morgan fingerprint density at radius 2 is 1.87 bits per heavy atom. The molecule has 2 N–H and O–H groups in total. The Bertz CT molecular complexity index is 1510. The molecule has 8 heteroatoms. The number of piperazine rings is 1. The molecule has 3 aliphatic heterocycles. The number of aromatic nitrogens is 3. The highest BCUT2D eigenvalue weighted by atomic mass is 16.5. The molecule has 0 saturated carbocycles. The van der Waals surface area contributed by atoms with E-state index >= 15 is 0 Å². The smallest absolute Gasteiger partial charge is 0.319 e. The van der Waals surface area contributed by atoms with Gasteiger partial charge in [-0.3, -0.25) is 4.98 Å². The highest BCUT2D eigenvalue weighted by molar-refractivity contribution is 6.01. The first-order valence-corrected chi connectivity index (χ1v) is 13.8. The number of pyridine rings is 1. The van der Waals surface area contributed by atoms with Gasteiger partial charge < -0.3 is 25.0 Å². The van der Waals surface area contributed by atoms with Crippen LogP contribution in [0.1, 0.15) is 31.2 Å². The Morgan fingerprint density at radius 1 is 1.05 bits per heavy atom. The molecule has 0 radical (unpaired) electrons. The summed E-state index contributed by atoms with van der Waals surface area (Å²) < 4.78 is 6.29. The van der Waals surface area contributed by atoms with Crippen LogP contribution in [-0.4, -0.2) is 76.4 Å². The quantitative estimate of drug-likeness (QED) is 0.412. The molecule has 2 aromatic carbocycles. The number of nitrogens with one attached hydrogen (secondary N) is 1. The molecule has 3 atom stereocenters. The number of benzene rings is 2. The number of aromatic hydroxyl groups is 1. The summed E-state index contributed by atoms with van der Waals surface area (Å²) >= 11 is 0. The first kappa shape index (κ1) is 23.6. The van der Waals surface area contributed by atoms with Crippen LogP contribution < -0.4 is 15.0 Å². The molecule has 196 valence electrons. The van der Waals surface area contributed by atoms with Crippen molar-refractivity contribution in [3.8, 4) is 23.0 Å². The first-order valence-electron chi connectivity index (χ1n) is 13.8. The van der Waals surface area contributed by atoms with Gasteiger partial charge in [-0.05, 0) is 69.1 Å². The second-order valence-corrected chi connectivity index (χ2v) is 11.2. The van der Waals surface area contributed by atoms with Gasteiger partial charge in [0.25, 0.3) is 0 Å². The molecule has 3 fully saturated rings. The van der Waals surface area contributed by atoms with Crippen LogP contribution in [0.4, 0.5) is 5.82 Å². The minimum atomic E-state index is 0.226. The van der Waals surface area contributed by atoms with Crippen LogP contribution >= 0.6 is 0 Å². The van der Waals surface area contributed by atoms with Crippen molar-refractivity contribution in [2.45, 2.75) is 50.7 Å². The molecular formula is C30H34N6O2. The number of ether oxygens (including phenoxy) is 1. The topological polar surface area (TPSA) is 86.6 Å². The predicted molar refractivity (Wildman–Crippen MR) is 150 cm³/mol. The van der Waals surface area contributed by atoms with E-state index in [1.54, 1.807) is 12.1 Å². The number of rotatable bonds is 5. The summed E-state index contributed by atoms with van der Waals surface area (Å²) in [5.74, 6) is 1.13. The number of phenols is 1. The van der Waals surface area contributed by atoms with E-state index in [1.807, 2.05) is 24.4 Å². The summed E-state index contributed by atoms with van der Waals surface area (Å²) in [6.45, 7) is 5.60. The number of likely N-dealkylation sites (N-methyl/N-ethyl adjacent to an activating group) is 1. The molecule has 2 aromatic heterocycles. The first-order chi connectivity index (χ1) is 18.5. The largest absolute Gasteiger partial charge is 0.508 e. The van der Waals surface area contributed by atoms with Gasteiger partial charge in [0.1, 0.15) is 18.2 Å². The molecule has 38 heavy (non-hydrogen) atoms. The monoisotopic (exact) mass is 510 g/mol. The lowest BCUT2D eigenvalue weighted by molar-refractivity contribution is 0.188. The van der Waals surface area contributed by atoms with E-state index in [-0.39, 0.29) is 5.75 Å². The van der Waals surface area contributed by atoms with Gasteiger partial charge in [-0.1, -0.05) is 24.3 Å². The maximum Gasteiger partial charge on any atom is 0.319 e. The number of phenolic OH excluding ortho intramolecular Hbond substituents is 1. The molecule has 8 nitrogen and oxygen atoms in total. The predicted octanol–water partition coefficient (Wildman–Crippen LogP) is 4.27. The Kier molecular flexibility index (Phi) is 5.82. The molecule has 3 saturated heterocycles. The normalized spacial score (nSPS) is 23.5. The highest BCUT2D eigenvalue weighted by Crippen LogP contribution is 2.38. The van der Waals surface area contributed by atoms with Crippen molar-refractivity contribution >= 4 is 27.5 Å². The van der Waals surface area contributed by atoms with Crippen LogP contribution in [0.2, 0.25) is 0 Å². The van der Waals surface area contributed by atoms with Gasteiger partial charge >= 0.3 is 6.01 Å². The summed E-state index contributed by atoms with van der Waals surface area (Å²) in [6, 6.07) is 13.5. The molecule has 7 rings (SSSR count). The van der Waals surface area contributed by atoms with E-state index in [9.17, 15) is 5.11 Å². The highest BCUT2D eigenvalue weighted by Gasteiger charge is 2.34. The van der Waals surface area contributed by atoms with Gasteiger partial charge in [-0.25, -0.2) is 0 Å².